The number of carbonyl (C=O) groups excluding carboxylic acids is 2. The number of para-hydroxylation sites is 1. The second kappa shape index (κ2) is 7.91. The van der Waals surface area contributed by atoms with Crippen molar-refractivity contribution in [3.63, 3.8) is 0 Å². The Balaban J connectivity index is 2.25. The summed E-state index contributed by atoms with van der Waals surface area (Å²) in [7, 11) is 0. The van der Waals surface area contributed by atoms with E-state index < -0.39 is 23.7 Å². The van der Waals surface area contributed by atoms with E-state index in [9.17, 15) is 9.59 Å². The Morgan fingerprint density at radius 2 is 1.88 bits per heavy atom. The van der Waals surface area contributed by atoms with Crippen LogP contribution in [0.15, 0.2) is 30.5 Å². The van der Waals surface area contributed by atoms with Crippen molar-refractivity contribution >= 4 is 22.8 Å². The van der Waals surface area contributed by atoms with Crippen molar-refractivity contribution in [2.45, 2.75) is 58.7 Å². The first-order valence-corrected chi connectivity index (χ1v) is 8.92. The molecule has 0 saturated carbocycles. The summed E-state index contributed by atoms with van der Waals surface area (Å²) in [4.78, 5) is 28.3. The highest BCUT2D eigenvalue weighted by Crippen LogP contribution is 2.20. The molecule has 0 unspecified atom stereocenters. The third-order valence-electron chi connectivity index (χ3n) is 4.13. The molecule has 2 aromatic rings. The number of aromatic amines is 1. The van der Waals surface area contributed by atoms with Gasteiger partial charge in [-0.2, -0.15) is 0 Å². The first-order chi connectivity index (χ1) is 12.1. The molecule has 0 aliphatic heterocycles. The van der Waals surface area contributed by atoms with Gasteiger partial charge >= 0.3 is 5.97 Å². The van der Waals surface area contributed by atoms with E-state index in [0.29, 0.717) is 6.42 Å². The highest BCUT2D eigenvalue weighted by atomic mass is 16.6. The standard InChI is InChI=1S/C20H29N3O3/c1-12(2)17(21)18(24)23-16(19(25)26-20(3,4)5)10-13-11-22-15-9-7-6-8-14(13)15/h6-9,11-12,16-17,22H,10,21H2,1-5H3,(H,23,24)/t16-,17-/m0/s1. The maximum Gasteiger partial charge on any atom is 0.329 e. The number of nitrogens with one attached hydrogen (secondary N) is 2. The summed E-state index contributed by atoms with van der Waals surface area (Å²) in [6.45, 7) is 9.14. The van der Waals surface area contributed by atoms with Gasteiger partial charge in [-0.05, 0) is 38.3 Å². The van der Waals surface area contributed by atoms with Crippen LogP contribution in [0.3, 0.4) is 0 Å². The molecule has 26 heavy (non-hydrogen) atoms. The van der Waals surface area contributed by atoms with Gasteiger partial charge in [-0.15, -0.1) is 0 Å². The Kier molecular flexibility index (Phi) is 6.08. The van der Waals surface area contributed by atoms with Crippen molar-refractivity contribution < 1.29 is 14.3 Å². The first-order valence-electron chi connectivity index (χ1n) is 8.92. The second-order valence-corrected chi connectivity index (χ2v) is 7.93. The number of hydrogen-bond acceptors (Lipinski definition) is 4. The van der Waals surface area contributed by atoms with Crippen molar-refractivity contribution in [2.75, 3.05) is 0 Å². The van der Waals surface area contributed by atoms with E-state index in [1.54, 1.807) is 20.8 Å². The summed E-state index contributed by atoms with van der Waals surface area (Å²) in [5.74, 6) is -0.842. The molecule has 1 aromatic carbocycles. The van der Waals surface area contributed by atoms with E-state index in [1.807, 2.05) is 44.3 Å². The maximum atomic E-state index is 12.7. The predicted octanol–water partition coefficient (Wildman–Crippen LogP) is 2.52. The van der Waals surface area contributed by atoms with Crippen molar-refractivity contribution in [1.82, 2.24) is 10.3 Å². The molecular formula is C20H29N3O3. The minimum atomic E-state index is -0.800. The molecule has 0 aliphatic carbocycles. The molecule has 0 aliphatic rings. The molecular weight excluding hydrogens is 330 g/mol. The van der Waals surface area contributed by atoms with E-state index >= 15 is 0 Å². The molecule has 6 heteroatoms. The molecule has 2 rings (SSSR count). The van der Waals surface area contributed by atoms with E-state index in [4.69, 9.17) is 10.5 Å². The fourth-order valence-corrected chi connectivity index (χ4v) is 2.66. The third-order valence-corrected chi connectivity index (χ3v) is 4.13. The highest BCUT2D eigenvalue weighted by Gasteiger charge is 2.29. The third kappa shape index (κ3) is 5.08. The molecule has 0 fully saturated rings. The van der Waals surface area contributed by atoms with Crippen LogP contribution in [-0.2, 0) is 20.7 Å². The van der Waals surface area contributed by atoms with E-state index in [1.165, 1.54) is 0 Å². The minimum absolute atomic E-state index is 0.0256. The molecule has 1 aromatic heterocycles. The molecule has 6 nitrogen and oxygen atoms in total. The van der Waals surface area contributed by atoms with Gasteiger partial charge < -0.3 is 20.8 Å². The average molecular weight is 359 g/mol. The predicted molar refractivity (Wildman–Crippen MR) is 103 cm³/mol. The number of ether oxygens (including phenoxy) is 1. The molecule has 4 N–H and O–H groups in total. The van der Waals surface area contributed by atoms with Gasteiger partial charge in [-0.3, -0.25) is 4.79 Å². The minimum Gasteiger partial charge on any atom is -0.458 e. The van der Waals surface area contributed by atoms with Crippen LogP contribution in [0.1, 0.15) is 40.2 Å². The fraction of sp³-hybridized carbons (Fsp3) is 0.500. The molecule has 2 atom stereocenters. The topological polar surface area (TPSA) is 97.2 Å². The normalized spacial score (nSPS) is 14.3. The average Bonchev–Trinajstić information content (AvgIpc) is 2.95. The lowest BCUT2D eigenvalue weighted by atomic mass is 10.0. The Morgan fingerprint density at radius 3 is 2.50 bits per heavy atom. The number of fused-ring (bicyclic) bond motifs is 1. The smallest absolute Gasteiger partial charge is 0.329 e. The first kappa shape index (κ1) is 20.0. The molecule has 1 amide bonds. The summed E-state index contributed by atoms with van der Waals surface area (Å²) < 4.78 is 5.50. The Hall–Kier alpha value is -2.34. The van der Waals surface area contributed by atoms with Crippen LogP contribution in [0.25, 0.3) is 10.9 Å². The van der Waals surface area contributed by atoms with Gasteiger partial charge in [0.05, 0.1) is 6.04 Å². The van der Waals surface area contributed by atoms with Crippen LogP contribution < -0.4 is 11.1 Å². The molecule has 1 heterocycles. The monoisotopic (exact) mass is 359 g/mol. The quantitative estimate of drug-likeness (QED) is 0.690. The van der Waals surface area contributed by atoms with Gasteiger partial charge in [0.15, 0.2) is 0 Å². The maximum absolute atomic E-state index is 12.7. The number of H-pyrrole nitrogens is 1. The fourth-order valence-electron chi connectivity index (χ4n) is 2.66. The highest BCUT2D eigenvalue weighted by molar-refractivity contribution is 5.89. The van der Waals surface area contributed by atoms with E-state index in [2.05, 4.69) is 10.3 Å². The van der Waals surface area contributed by atoms with Crippen molar-refractivity contribution in [2.24, 2.45) is 11.7 Å². The molecule has 142 valence electrons. The van der Waals surface area contributed by atoms with E-state index in [0.717, 1.165) is 16.5 Å². The zero-order chi connectivity index (χ0) is 19.5. The van der Waals surface area contributed by atoms with E-state index in [-0.39, 0.29) is 11.8 Å². The van der Waals surface area contributed by atoms with Crippen LogP contribution in [0, 0.1) is 5.92 Å². The number of amides is 1. The zero-order valence-electron chi connectivity index (χ0n) is 16.1. The Morgan fingerprint density at radius 1 is 1.23 bits per heavy atom. The second-order valence-electron chi connectivity index (χ2n) is 7.93. The van der Waals surface area contributed by atoms with Crippen LogP contribution >= 0.6 is 0 Å². The number of hydrogen-bond donors (Lipinski definition) is 3. The van der Waals surface area contributed by atoms with Gasteiger partial charge in [-0.25, -0.2) is 4.79 Å². The number of esters is 1. The summed E-state index contributed by atoms with van der Waals surface area (Å²) in [5, 5.41) is 3.79. The van der Waals surface area contributed by atoms with Gasteiger partial charge in [-0.1, -0.05) is 32.0 Å². The largest absolute Gasteiger partial charge is 0.458 e. The van der Waals surface area contributed by atoms with Crippen molar-refractivity contribution in [3.05, 3.63) is 36.0 Å². The van der Waals surface area contributed by atoms with Crippen LogP contribution in [0.2, 0.25) is 0 Å². The van der Waals surface area contributed by atoms with Crippen LogP contribution in [0.5, 0.6) is 0 Å². The van der Waals surface area contributed by atoms with Gasteiger partial charge in [0, 0.05) is 23.5 Å². The van der Waals surface area contributed by atoms with Crippen LogP contribution in [-0.4, -0.2) is 34.5 Å². The SMILES string of the molecule is CC(C)[C@H](N)C(=O)N[C@@H](Cc1c[nH]c2ccccc12)C(=O)OC(C)(C)C. The van der Waals surface area contributed by atoms with Crippen LogP contribution in [0.4, 0.5) is 0 Å². The van der Waals surface area contributed by atoms with Gasteiger partial charge in [0.1, 0.15) is 11.6 Å². The lowest BCUT2D eigenvalue weighted by molar-refractivity contribution is -0.158. The lowest BCUT2D eigenvalue weighted by Gasteiger charge is -2.26. The Labute approximate surface area is 154 Å². The van der Waals surface area contributed by atoms with Gasteiger partial charge in [0.25, 0.3) is 0 Å². The molecule has 0 spiro atoms. The summed E-state index contributed by atoms with van der Waals surface area (Å²) in [6, 6.07) is 6.35. The zero-order valence-corrected chi connectivity index (χ0v) is 16.1. The number of nitrogens with two attached hydrogens (primary N) is 1. The summed E-state index contributed by atoms with van der Waals surface area (Å²) in [6.07, 6.45) is 2.19. The lowest BCUT2D eigenvalue weighted by Crippen LogP contribution is -2.52. The molecule has 0 saturated heterocycles. The van der Waals surface area contributed by atoms with Gasteiger partial charge in [0.2, 0.25) is 5.91 Å². The molecule has 0 bridgehead atoms. The summed E-state index contributed by atoms with van der Waals surface area (Å²) >= 11 is 0. The van der Waals surface area contributed by atoms with Crippen molar-refractivity contribution in [1.29, 1.82) is 0 Å². The number of aromatic nitrogens is 1. The van der Waals surface area contributed by atoms with Crippen molar-refractivity contribution in [3.8, 4) is 0 Å². The number of carbonyl (C=O) groups is 2. The number of benzene rings is 1. The summed E-state index contributed by atoms with van der Waals surface area (Å²) in [5.41, 5.74) is 7.21. The molecule has 0 radical (unpaired) electrons. The number of rotatable bonds is 6. The Bertz CT molecular complexity index is 774.